The van der Waals surface area contributed by atoms with Crippen molar-refractivity contribution in [2.75, 3.05) is 17.7 Å². The molecule has 0 aliphatic carbocycles. The van der Waals surface area contributed by atoms with Crippen molar-refractivity contribution in [2.45, 2.75) is 39.0 Å². The fourth-order valence-corrected chi connectivity index (χ4v) is 2.87. The Morgan fingerprint density at radius 2 is 2.04 bits per heavy atom. The third kappa shape index (κ3) is 5.11. The molecule has 0 atom stereocenters. The van der Waals surface area contributed by atoms with Crippen molar-refractivity contribution in [3.63, 3.8) is 0 Å². The lowest BCUT2D eigenvalue weighted by Crippen LogP contribution is -2.21. The number of aliphatic hydroxyl groups is 1. The molecular formula is C18H25N3O2S. The van der Waals surface area contributed by atoms with E-state index in [0.29, 0.717) is 18.1 Å². The molecule has 0 aliphatic heterocycles. The van der Waals surface area contributed by atoms with Crippen LogP contribution in [-0.2, 0) is 11.3 Å². The number of carbonyl (C=O) groups is 1. The maximum absolute atomic E-state index is 12.2. The van der Waals surface area contributed by atoms with Gasteiger partial charge in [-0.05, 0) is 12.5 Å². The van der Waals surface area contributed by atoms with E-state index in [4.69, 9.17) is 0 Å². The van der Waals surface area contributed by atoms with Crippen molar-refractivity contribution in [1.82, 2.24) is 9.78 Å². The average Bonchev–Trinajstić information content (AvgIpc) is 2.88. The van der Waals surface area contributed by atoms with Crippen LogP contribution in [-0.4, -0.2) is 37.9 Å². The van der Waals surface area contributed by atoms with Gasteiger partial charge in [-0.3, -0.25) is 4.79 Å². The lowest BCUT2D eigenvalue weighted by molar-refractivity contribution is -0.113. The molecule has 1 amide bonds. The van der Waals surface area contributed by atoms with Gasteiger partial charge in [0.15, 0.2) is 0 Å². The quantitative estimate of drug-likeness (QED) is 0.841. The number of rotatable bonds is 6. The molecule has 0 aliphatic rings. The summed E-state index contributed by atoms with van der Waals surface area (Å²) in [6, 6.07) is 9.83. The summed E-state index contributed by atoms with van der Waals surface area (Å²) in [5.41, 5.74) is 2.93. The van der Waals surface area contributed by atoms with Crippen LogP contribution in [0.1, 0.15) is 26.3 Å². The van der Waals surface area contributed by atoms with Crippen LogP contribution in [0.4, 0.5) is 5.82 Å². The number of hydrogen-bond acceptors (Lipinski definition) is 4. The van der Waals surface area contributed by atoms with Crippen LogP contribution in [0.5, 0.6) is 0 Å². The van der Waals surface area contributed by atoms with Crippen molar-refractivity contribution in [2.24, 2.45) is 0 Å². The fourth-order valence-electron chi connectivity index (χ4n) is 2.24. The molecule has 1 heterocycles. The minimum Gasteiger partial charge on any atom is -0.394 e. The summed E-state index contributed by atoms with van der Waals surface area (Å²) in [5.74, 6) is 0.931. The van der Waals surface area contributed by atoms with E-state index in [9.17, 15) is 9.90 Å². The van der Waals surface area contributed by atoms with E-state index < -0.39 is 0 Å². The standard InChI is InChI=1S/C18H25N3O2S/c1-13-7-5-6-8-14(13)15-11-16(21(20-15)9-10-22)19-17(23)12-24-18(2,3)4/h5-8,11,22H,9-10,12H2,1-4H3,(H,19,23). The highest BCUT2D eigenvalue weighted by molar-refractivity contribution is 8.01. The number of thioether (sulfide) groups is 1. The van der Waals surface area contributed by atoms with Crippen LogP contribution in [0.25, 0.3) is 11.3 Å². The van der Waals surface area contributed by atoms with Crippen LogP contribution >= 0.6 is 11.8 Å². The van der Waals surface area contributed by atoms with E-state index in [0.717, 1.165) is 16.8 Å². The molecular weight excluding hydrogens is 322 g/mol. The summed E-state index contributed by atoms with van der Waals surface area (Å²) in [6.07, 6.45) is 0. The molecule has 0 radical (unpaired) electrons. The van der Waals surface area contributed by atoms with Gasteiger partial charge in [0.05, 0.1) is 24.6 Å². The lowest BCUT2D eigenvalue weighted by atomic mass is 10.1. The first-order chi connectivity index (χ1) is 11.3. The van der Waals surface area contributed by atoms with E-state index in [1.165, 1.54) is 0 Å². The normalized spacial score (nSPS) is 11.5. The van der Waals surface area contributed by atoms with Crippen molar-refractivity contribution in [3.05, 3.63) is 35.9 Å². The first-order valence-corrected chi connectivity index (χ1v) is 8.97. The lowest BCUT2D eigenvalue weighted by Gasteiger charge is -2.17. The first kappa shape index (κ1) is 18.5. The number of anilines is 1. The summed E-state index contributed by atoms with van der Waals surface area (Å²) in [5, 5.41) is 16.7. The fraction of sp³-hybridized carbons (Fsp3) is 0.444. The summed E-state index contributed by atoms with van der Waals surface area (Å²) < 4.78 is 1.68. The van der Waals surface area contributed by atoms with Gasteiger partial charge in [-0.1, -0.05) is 45.0 Å². The van der Waals surface area contributed by atoms with Crippen molar-refractivity contribution < 1.29 is 9.90 Å². The minimum atomic E-state index is -0.0645. The number of nitrogens with zero attached hydrogens (tertiary/aromatic N) is 2. The number of nitrogens with one attached hydrogen (secondary N) is 1. The second-order valence-corrected chi connectivity index (χ2v) is 8.43. The molecule has 2 N–H and O–H groups in total. The Labute approximate surface area is 147 Å². The zero-order valence-corrected chi connectivity index (χ0v) is 15.5. The van der Waals surface area contributed by atoms with Crippen LogP contribution in [0, 0.1) is 6.92 Å². The first-order valence-electron chi connectivity index (χ1n) is 7.98. The van der Waals surface area contributed by atoms with Gasteiger partial charge in [0, 0.05) is 16.4 Å². The van der Waals surface area contributed by atoms with E-state index in [1.54, 1.807) is 16.4 Å². The summed E-state index contributed by atoms with van der Waals surface area (Å²) >= 11 is 1.59. The molecule has 0 saturated carbocycles. The Morgan fingerprint density at radius 3 is 2.67 bits per heavy atom. The van der Waals surface area contributed by atoms with Crippen LogP contribution < -0.4 is 5.32 Å². The highest BCUT2D eigenvalue weighted by Gasteiger charge is 2.16. The van der Waals surface area contributed by atoms with E-state index in [2.05, 4.69) is 31.2 Å². The summed E-state index contributed by atoms with van der Waals surface area (Å²) in [7, 11) is 0. The smallest absolute Gasteiger partial charge is 0.235 e. The highest BCUT2D eigenvalue weighted by atomic mass is 32.2. The number of aliphatic hydroxyl groups excluding tert-OH is 1. The van der Waals surface area contributed by atoms with Crippen molar-refractivity contribution in [3.8, 4) is 11.3 Å². The van der Waals surface area contributed by atoms with Gasteiger partial charge < -0.3 is 10.4 Å². The topological polar surface area (TPSA) is 67.2 Å². The summed E-state index contributed by atoms with van der Waals surface area (Å²) in [6.45, 7) is 8.58. The Bertz CT molecular complexity index is 705. The molecule has 0 unspecified atom stereocenters. The molecule has 0 spiro atoms. The molecule has 0 bridgehead atoms. The van der Waals surface area contributed by atoms with Gasteiger partial charge in [-0.25, -0.2) is 4.68 Å². The Kier molecular flexibility index (Phi) is 6.07. The molecule has 6 heteroatoms. The molecule has 24 heavy (non-hydrogen) atoms. The Morgan fingerprint density at radius 1 is 1.33 bits per heavy atom. The second kappa shape index (κ2) is 7.85. The Hall–Kier alpha value is -1.79. The predicted molar refractivity (Wildman–Crippen MR) is 100 cm³/mol. The number of hydrogen-bond donors (Lipinski definition) is 2. The zero-order chi connectivity index (χ0) is 17.7. The summed E-state index contributed by atoms with van der Waals surface area (Å²) in [4.78, 5) is 12.2. The van der Waals surface area contributed by atoms with Gasteiger partial charge in [-0.2, -0.15) is 5.10 Å². The van der Waals surface area contributed by atoms with Crippen LogP contribution in [0.15, 0.2) is 30.3 Å². The molecule has 2 aromatic rings. The number of amides is 1. The van der Waals surface area contributed by atoms with Gasteiger partial charge >= 0.3 is 0 Å². The van der Waals surface area contributed by atoms with Crippen LogP contribution in [0.2, 0.25) is 0 Å². The highest BCUT2D eigenvalue weighted by Crippen LogP contribution is 2.26. The van der Waals surface area contributed by atoms with Gasteiger partial charge in [0.25, 0.3) is 0 Å². The molecule has 130 valence electrons. The zero-order valence-electron chi connectivity index (χ0n) is 14.7. The van der Waals surface area contributed by atoms with Gasteiger partial charge in [0.1, 0.15) is 5.82 Å². The monoisotopic (exact) mass is 347 g/mol. The van der Waals surface area contributed by atoms with E-state index in [-0.39, 0.29) is 17.3 Å². The molecule has 5 nitrogen and oxygen atoms in total. The third-order valence-corrected chi connectivity index (χ3v) is 4.69. The van der Waals surface area contributed by atoms with E-state index in [1.807, 2.05) is 37.3 Å². The molecule has 2 rings (SSSR count). The third-order valence-electron chi connectivity index (χ3n) is 3.42. The van der Waals surface area contributed by atoms with Gasteiger partial charge in [0.2, 0.25) is 5.91 Å². The predicted octanol–water partition coefficient (Wildman–Crippen LogP) is 3.32. The van der Waals surface area contributed by atoms with Gasteiger partial charge in [-0.15, -0.1) is 11.8 Å². The maximum Gasteiger partial charge on any atom is 0.235 e. The van der Waals surface area contributed by atoms with Crippen molar-refractivity contribution >= 4 is 23.5 Å². The molecule has 1 aromatic carbocycles. The molecule has 0 fully saturated rings. The Balaban J connectivity index is 2.20. The maximum atomic E-state index is 12.2. The average molecular weight is 347 g/mol. The van der Waals surface area contributed by atoms with E-state index >= 15 is 0 Å². The SMILES string of the molecule is Cc1ccccc1-c1cc(NC(=O)CSC(C)(C)C)n(CCO)n1. The van der Waals surface area contributed by atoms with Crippen LogP contribution in [0.3, 0.4) is 0 Å². The minimum absolute atomic E-state index is 0.0332. The number of aryl methyl sites for hydroxylation is 1. The largest absolute Gasteiger partial charge is 0.394 e. The number of carbonyl (C=O) groups excluding carboxylic acids is 1. The van der Waals surface area contributed by atoms with Crippen molar-refractivity contribution in [1.29, 1.82) is 0 Å². The second-order valence-electron chi connectivity index (χ2n) is 6.63. The molecule has 1 aromatic heterocycles. The molecule has 0 saturated heterocycles. The number of aromatic nitrogens is 2. The number of benzene rings is 1.